The average Bonchev–Trinajstić information content (AvgIpc) is 2.79. The Morgan fingerprint density at radius 3 is 1.93 bits per heavy atom. The zero-order valence-corrected chi connectivity index (χ0v) is 10.9. The summed E-state index contributed by atoms with van der Waals surface area (Å²) in [7, 11) is 5.91. The third-order valence-corrected chi connectivity index (χ3v) is 3.04. The summed E-state index contributed by atoms with van der Waals surface area (Å²) in [6.45, 7) is 7.30. The van der Waals surface area contributed by atoms with E-state index in [4.69, 9.17) is 0 Å². The molecule has 1 fully saturated rings. The summed E-state index contributed by atoms with van der Waals surface area (Å²) < 4.78 is 0. The van der Waals surface area contributed by atoms with Gasteiger partial charge in [0.05, 0.1) is 0 Å². The van der Waals surface area contributed by atoms with Crippen LogP contribution >= 0.6 is 0 Å². The van der Waals surface area contributed by atoms with Gasteiger partial charge in [0.25, 0.3) is 0 Å². The number of rotatable bonds is 3. The first-order valence-electron chi connectivity index (χ1n) is 5.62. The van der Waals surface area contributed by atoms with Crippen molar-refractivity contribution in [2.24, 2.45) is 5.41 Å². The van der Waals surface area contributed by atoms with Crippen LogP contribution in [0.1, 0.15) is 33.6 Å². The molecule has 0 unspecified atom stereocenters. The summed E-state index contributed by atoms with van der Waals surface area (Å²) in [5.74, 6) is 0.280. The van der Waals surface area contributed by atoms with Crippen molar-refractivity contribution in [1.82, 2.24) is 9.80 Å². The molecule has 3 nitrogen and oxygen atoms in total. The number of hydrogen-bond acceptors (Lipinski definition) is 2. The van der Waals surface area contributed by atoms with Gasteiger partial charge in [-0.15, -0.1) is 0 Å². The minimum absolute atomic E-state index is 0.173. The Morgan fingerprint density at radius 1 is 1.20 bits per heavy atom. The molecule has 0 atom stereocenters. The van der Waals surface area contributed by atoms with Crippen molar-refractivity contribution in [3.8, 4) is 0 Å². The zero-order valence-electron chi connectivity index (χ0n) is 10.9. The number of likely N-dealkylation sites (N-methyl/N-ethyl adjacent to an activating group) is 2. The van der Waals surface area contributed by atoms with Crippen LogP contribution in [0.3, 0.4) is 0 Å². The number of nitrogens with zero attached hydrogens (tertiary/aromatic N) is 2. The molecule has 15 heavy (non-hydrogen) atoms. The Bertz CT molecular complexity index is 249. The standard InChI is InChI=1S/C12H24N2O/c1-11(2,3)9-14(6)10(15)12(7-8-12)13(4)5/h7-9H2,1-6H3. The minimum Gasteiger partial charge on any atom is -0.344 e. The van der Waals surface area contributed by atoms with Crippen molar-refractivity contribution >= 4 is 5.91 Å². The first-order valence-corrected chi connectivity index (χ1v) is 5.62. The SMILES string of the molecule is CN(CC(C)(C)C)C(=O)C1(N(C)C)CC1. The largest absolute Gasteiger partial charge is 0.344 e. The van der Waals surface area contributed by atoms with Gasteiger partial charge in [-0.2, -0.15) is 0 Å². The molecule has 1 rings (SSSR count). The van der Waals surface area contributed by atoms with Crippen LogP contribution in [0.5, 0.6) is 0 Å². The molecule has 1 aliphatic rings. The topological polar surface area (TPSA) is 23.6 Å². The number of carbonyl (C=O) groups is 1. The van der Waals surface area contributed by atoms with Crippen LogP contribution in [0, 0.1) is 5.41 Å². The second kappa shape index (κ2) is 3.78. The van der Waals surface area contributed by atoms with Crippen molar-refractivity contribution < 1.29 is 4.79 Å². The van der Waals surface area contributed by atoms with Crippen molar-refractivity contribution in [3.63, 3.8) is 0 Å². The van der Waals surface area contributed by atoms with E-state index in [0.29, 0.717) is 0 Å². The highest BCUT2D eigenvalue weighted by molar-refractivity contribution is 5.89. The summed E-state index contributed by atoms with van der Waals surface area (Å²) in [6.07, 6.45) is 2.01. The van der Waals surface area contributed by atoms with E-state index in [9.17, 15) is 4.79 Å². The zero-order chi connectivity index (χ0) is 11.9. The van der Waals surface area contributed by atoms with Gasteiger partial charge < -0.3 is 4.90 Å². The third-order valence-electron chi connectivity index (χ3n) is 3.04. The molecule has 0 heterocycles. The van der Waals surface area contributed by atoms with Gasteiger partial charge >= 0.3 is 0 Å². The summed E-state index contributed by atoms with van der Waals surface area (Å²) in [4.78, 5) is 16.2. The first kappa shape index (κ1) is 12.5. The lowest BCUT2D eigenvalue weighted by atomic mass is 9.96. The van der Waals surface area contributed by atoms with Crippen LogP contribution in [0.15, 0.2) is 0 Å². The van der Waals surface area contributed by atoms with E-state index in [1.54, 1.807) is 0 Å². The summed E-state index contributed by atoms with van der Waals surface area (Å²) in [6, 6.07) is 0. The van der Waals surface area contributed by atoms with Crippen LogP contribution in [0.2, 0.25) is 0 Å². The van der Waals surface area contributed by atoms with E-state index in [1.807, 2.05) is 26.0 Å². The number of hydrogen-bond donors (Lipinski definition) is 0. The molecular weight excluding hydrogens is 188 g/mol. The lowest BCUT2D eigenvalue weighted by Crippen LogP contribution is -2.48. The highest BCUT2D eigenvalue weighted by Gasteiger charge is 2.53. The minimum atomic E-state index is -0.181. The molecule has 3 heteroatoms. The molecule has 88 valence electrons. The number of carbonyl (C=O) groups excluding carboxylic acids is 1. The van der Waals surface area contributed by atoms with Gasteiger partial charge in [-0.05, 0) is 32.4 Å². The second-order valence-corrected chi connectivity index (χ2v) is 6.15. The van der Waals surface area contributed by atoms with Crippen molar-refractivity contribution in [3.05, 3.63) is 0 Å². The molecule has 0 spiro atoms. The van der Waals surface area contributed by atoms with Crippen molar-refractivity contribution in [2.45, 2.75) is 39.2 Å². The van der Waals surface area contributed by atoms with Crippen LogP contribution in [0.4, 0.5) is 0 Å². The summed E-state index contributed by atoms with van der Waals surface area (Å²) in [5, 5.41) is 0. The van der Waals surface area contributed by atoms with Gasteiger partial charge in [0, 0.05) is 13.6 Å². The van der Waals surface area contributed by atoms with Crippen LogP contribution in [0.25, 0.3) is 0 Å². The van der Waals surface area contributed by atoms with E-state index in [0.717, 1.165) is 19.4 Å². The van der Waals surface area contributed by atoms with Crippen LogP contribution in [-0.4, -0.2) is 48.9 Å². The van der Waals surface area contributed by atoms with Crippen LogP contribution < -0.4 is 0 Å². The molecule has 0 saturated heterocycles. The fourth-order valence-corrected chi connectivity index (χ4v) is 2.11. The molecule has 1 amide bonds. The molecule has 0 radical (unpaired) electrons. The molecule has 0 aromatic rings. The van der Waals surface area contributed by atoms with Gasteiger partial charge in [0.2, 0.25) is 5.91 Å². The predicted molar refractivity (Wildman–Crippen MR) is 62.7 cm³/mol. The molecule has 1 saturated carbocycles. The monoisotopic (exact) mass is 212 g/mol. The molecule has 0 bridgehead atoms. The predicted octanol–water partition coefficient (Wildman–Crippen LogP) is 1.59. The Kier molecular flexibility index (Phi) is 3.15. The van der Waals surface area contributed by atoms with Gasteiger partial charge in [-0.1, -0.05) is 20.8 Å². The normalized spacial score (nSPS) is 19.1. The van der Waals surface area contributed by atoms with E-state index in [1.165, 1.54) is 0 Å². The van der Waals surface area contributed by atoms with E-state index in [-0.39, 0.29) is 16.9 Å². The van der Waals surface area contributed by atoms with Gasteiger partial charge in [-0.25, -0.2) is 0 Å². The summed E-state index contributed by atoms with van der Waals surface area (Å²) >= 11 is 0. The van der Waals surface area contributed by atoms with Crippen molar-refractivity contribution in [1.29, 1.82) is 0 Å². The summed E-state index contributed by atoms with van der Waals surface area (Å²) in [5.41, 5.74) is -0.00714. The molecule has 0 aromatic carbocycles. The maximum absolute atomic E-state index is 12.2. The highest BCUT2D eigenvalue weighted by Crippen LogP contribution is 2.41. The van der Waals surface area contributed by atoms with E-state index >= 15 is 0 Å². The van der Waals surface area contributed by atoms with Gasteiger partial charge in [-0.3, -0.25) is 9.69 Å². The lowest BCUT2D eigenvalue weighted by molar-refractivity contribution is -0.137. The van der Waals surface area contributed by atoms with E-state index in [2.05, 4.69) is 25.7 Å². The maximum atomic E-state index is 12.2. The van der Waals surface area contributed by atoms with Crippen molar-refractivity contribution in [2.75, 3.05) is 27.7 Å². The molecular formula is C12H24N2O. The molecule has 0 aliphatic heterocycles. The highest BCUT2D eigenvalue weighted by atomic mass is 16.2. The average molecular weight is 212 g/mol. The van der Waals surface area contributed by atoms with Gasteiger partial charge in [0.15, 0.2) is 0 Å². The molecule has 1 aliphatic carbocycles. The number of amides is 1. The molecule has 0 aromatic heterocycles. The Morgan fingerprint density at radius 2 is 1.67 bits per heavy atom. The van der Waals surface area contributed by atoms with Gasteiger partial charge in [0.1, 0.15) is 5.54 Å². The Labute approximate surface area is 93.4 Å². The maximum Gasteiger partial charge on any atom is 0.242 e. The van der Waals surface area contributed by atoms with E-state index < -0.39 is 0 Å². The quantitative estimate of drug-likeness (QED) is 0.709. The second-order valence-electron chi connectivity index (χ2n) is 6.15. The Hall–Kier alpha value is -0.570. The van der Waals surface area contributed by atoms with Crippen LogP contribution in [-0.2, 0) is 4.79 Å². The Balaban J connectivity index is 2.62. The lowest BCUT2D eigenvalue weighted by Gasteiger charge is -2.32. The fraction of sp³-hybridized carbons (Fsp3) is 0.917. The fourth-order valence-electron chi connectivity index (χ4n) is 2.11. The molecule has 0 N–H and O–H groups in total. The third kappa shape index (κ3) is 2.71. The first-order chi connectivity index (χ1) is 6.69. The smallest absolute Gasteiger partial charge is 0.242 e.